The van der Waals surface area contributed by atoms with Crippen molar-refractivity contribution in [1.29, 1.82) is 5.26 Å². The monoisotopic (exact) mass is 230 g/mol. The number of carbonyl (C=O) groups is 1. The maximum atomic E-state index is 12.1. The van der Waals surface area contributed by atoms with Crippen molar-refractivity contribution in [2.24, 2.45) is 0 Å². The quantitative estimate of drug-likeness (QED) is 0.787. The van der Waals surface area contributed by atoms with Gasteiger partial charge in [-0.1, -0.05) is 6.07 Å². The first kappa shape index (κ1) is 11.6. The zero-order valence-corrected chi connectivity index (χ0v) is 9.68. The molecule has 88 valence electrons. The molecule has 1 heterocycles. The first-order valence-corrected chi connectivity index (χ1v) is 5.54. The largest absolute Gasteiger partial charge is 0.388 e. The first-order valence-electron chi connectivity index (χ1n) is 5.54. The van der Waals surface area contributed by atoms with E-state index in [2.05, 4.69) is 0 Å². The molecule has 2 rings (SSSR count). The summed E-state index contributed by atoms with van der Waals surface area (Å²) >= 11 is 0. The molecule has 1 unspecified atom stereocenters. The van der Waals surface area contributed by atoms with Crippen molar-refractivity contribution in [3.63, 3.8) is 0 Å². The van der Waals surface area contributed by atoms with Gasteiger partial charge in [-0.3, -0.25) is 4.79 Å². The highest BCUT2D eigenvalue weighted by molar-refractivity contribution is 5.94. The number of benzene rings is 1. The second kappa shape index (κ2) is 4.19. The molecule has 1 aromatic carbocycles. The molecular weight excluding hydrogens is 216 g/mol. The van der Waals surface area contributed by atoms with Crippen molar-refractivity contribution in [1.82, 2.24) is 4.90 Å². The summed E-state index contributed by atoms with van der Waals surface area (Å²) in [5, 5.41) is 18.6. The van der Waals surface area contributed by atoms with Crippen molar-refractivity contribution < 1.29 is 9.90 Å². The molecule has 0 spiro atoms. The standard InChI is InChI=1S/C13H14N2O2/c1-13(17)5-6-15(9-13)12(16)11-4-2-3-10(7-11)8-14/h2-4,7,17H,5-6,9H2,1H3. The number of hydrogen-bond donors (Lipinski definition) is 1. The molecule has 1 amide bonds. The smallest absolute Gasteiger partial charge is 0.253 e. The van der Waals surface area contributed by atoms with E-state index in [1.807, 2.05) is 6.07 Å². The molecule has 0 radical (unpaired) electrons. The van der Waals surface area contributed by atoms with Crippen molar-refractivity contribution in [2.45, 2.75) is 18.9 Å². The number of hydrogen-bond acceptors (Lipinski definition) is 3. The number of carbonyl (C=O) groups excluding carboxylic acids is 1. The van der Waals surface area contributed by atoms with E-state index in [0.29, 0.717) is 30.6 Å². The minimum absolute atomic E-state index is 0.125. The lowest BCUT2D eigenvalue weighted by Crippen LogP contribution is -2.33. The van der Waals surface area contributed by atoms with Gasteiger partial charge in [0.25, 0.3) is 5.91 Å². The number of nitrogens with zero attached hydrogens (tertiary/aromatic N) is 2. The third kappa shape index (κ3) is 2.45. The molecule has 17 heavy (non-hydrogen) atoms. The van der Waals surface area contributed by atoms with Crippen LogP contribution in [-0.2, 0) is 0 Å². The van der Waals surface area contributed by atoms with Gasteiger partial charge in [-0.05, 0) is 31.5 Å². The molecule has 0 saturated carbocycles. The predicted octanol–water partition coefficient (Wildman–Crippen LogP) is 1.16. The SMILES string of the molecule is CC1(O)CCN(C(=O)c2cccc(C#N)c2)C1. The summed E-state index contributed by atoms with van der Waals surface area (Å²) in [4.78, 5) is 13.7. The van der Waals surface area contributed by atoms with Gasteiger partial charge in [-0.2, -0.15) is 5.26 Å². The summed E-state index contributed by atoms with van der Waals surface area (Å²) in [7, 11) is 0. The Bertz CT molecular complexity index is 488. The molecule has 1 fully saturated rings. The number of amides is 1. The zero-order chi connectivity index (χ0) is 12.5. The molecule has 4 nitrogen and oxygen atoms in total. The van der Waals surface area contributed by atoms with Gasteiger partial charge in [0.05, 0.1) is 17.2 Å². The molecule has 1 atom stereocenters. The molecule has 0 aliphatic carbocycles. The van der Waals surface area contributed by atoms with Crippen LogP contribution in [0.2, 0.25) is 0 Å². The van der Waals surface area contributed by atoms with Crippen molar-refractivity contribution in [3.05, 3.63) is 35.4 Å². The highest BCUT2D eigenvalue weighted by Gasteiger charge is 2.34. The van der Waals surface area contributed by atoms with Gasteiger partial charge in [0, 0.05) is 18.7 Å². The Kier molecular flexibility index (Phi) is 2.86. The second-order valence-electron chi connectivity index (χ2n) is 4.67. The maximum absolute atomic E-state index is 12.1. The lowest BCUT2D eigenvalue weighted by atomic mass is 10.1. The van der Waals surface area contributed by atoms with Crippen LogP contribution < -0.4 is 0 Å². The fraction of sp³-hybridized carbons (Fsp3) is 0.385. The zero-order valence-electron chi connectivity index (χ0n) is 9.68. The average Bonchev–Trinajstić information content (AvgIpc) is 2.69. The van der Waals surface area contributed by atoms with E-state index >= 15 is 0 Å². The number of β-amino-alcohol motifs (C(OH)–C–C–N with tert-alkyl or cyclic N) is 1. The van der Waals surface area contributed by atoms with E-state index in [-0.39, 0.29) is 5.91 Å². The fourth-order valence-corrected chi connectivity index (χ4v) is 2.02. The van der Waals surface area contributed by atoms with Crippen LogP contribution in [0.5, 0.6) is 0 Å². The van der Waals surface area contributed by atoms with Gasteiger partial charge in [-0.15, -0.1) is 0 Å². The maximum Gasteiger partial charge on any atom is 0.253 e. The number of nitriles is 1. The molecule has 1 saturated heterocycles. The summed E-state index contributed by atoms with van der Waals surface area (Å²) in [6.07, 6.45) is 0.594. The Morgan fingerprint density at radius 1 is 1.59 bits per heavy atom. The number of aliphatic hydroxyl groups is 1. The molecule has 1 aliphatic heterocycles. The van der Waals surface area contributed by atoms with E-state index in [1.54, 1.807) is 36.1 Å². The van der Waals surface area contributed by atoms with Crippen LogP contribution in [0.1, 0.15) is 29.3 Å². The fourth-order valence-electron chi connectivity index (χ4n) is 2.02. The van der Waals surface area contributed by atoms with E-state index < -0.39 is 5.60 Å². The predicted molar refractivity (Wildman–Crippen MR) is 62.3 cm³/mol. The lowest BCUT2D eigenvalue weighted by molar-refractivity contribution is 0.0572. The average molecular weight is 230 g/mol. The van der Waals surface area contributed by atoms with Crippen LogP contribution in [0, 0.1) is 11.3 Å². The molecule has 0 aromatic heterocycles. The molecule has 1 N–H and O–H groups in total. The summed E-state index contributed by atoms with van der Waals surface area (Å²) < 4.78 is 0. The Balaban J connectivity index is 2.18. The Hall–Kier alpha value is -1.86. The Labute approximate surface area is 100 Å². The highest BCUT2D eigenvalue weighted by Crippen LogP contribution is 2.22. The lowest BCUT2D eigenvalue weighted by Gasteiger charge is -2.19. The summed E-state index contributed by atoms with van der Waals surface area (Å²) in [6.45, 7) is 2.64. The Morgan fingerprint density at radius 3 is 2.94 bits per heavy atom. The van der Waals surface area contributed by atoms with Gasteiger partial charge in [-0.25, -0.2) is 0 Å². The van der Waals surface area contributed by atoms with Gasteiger partial charge >= 0.3 is 0 Å². The topological polar surface area (TPSA) is 64.3 Å². The van der Waals surface area contributed by atoms with Gasteiger partial charge in [0.2, 0.25) is 0 Å². The molecule has 1 aromatic rings. The van der Waals surface area contributed by atoms with Crippen molar-refractivity contribution in [2.75, 3.05) is 13.1 Å². The van der Waals surface area contributed by atoms with Crippen LogP contribution in [0.4, 0.5) is 0 Å². The van der Waals surface area contributed by atoms with Crippen molar-refractivity contribution >= 4 is 5.91 Å². The van der Waals surface area contributed by atoms with E-state index in [4.69, 9.17) is 5.26 Å². The summed E-state index contributed by atoms with van der Waals surface area (Å²) in [5.41, 5.74) is 0.186. The normalized spacial score (nSPS) is 23.5. The van der Waals surface area contributed by atoms with Crippen LogP contribution >= 0.6 is 0 Å². The first-order chi connectivity index (χ1) is 8.02. The van der Waals surface area contributed by atoms with E-state index in [9.17, 15) is 9.90 Å². The van der Waals surface area contributed by atoms with Crippen LogP contribution in [0.3, 0.4) is 0 Å². The van der Waals surface area contributed by atoms with E-state index in [1.165, 1.54) is 0 Å². The van der Waals surface area contributed by atoms with Gasteiger partial charge in [0.15, 0.2) is 0 Å². The summed E-state index contributed by atoms with van der Waals surface area (Å²) in [5.74, 6) is -0.125. The van der Waals surface area contributed by atoms with E-state index in [0.717, 1.165) is 0 Å². The summed E-state index contributed by atoms with van der Waals surface area (Å²) in [6, 6.07) is 8.64. The molecule has 4 heteroatoms. The Morgan fingerprint density at radius 2 is 2.35 bits per heavy atom. The van der Waals surface area contributed by atoms with Gasteiger partial charge in [0.1, 0.15) is 0 Å². The number of rotatable bonds is 1. The third-order valence-corrected chi connectivity index (χ3v) is 2.98. The highest BCUT2D eigenvalue weighted by atomic mass is 16.3. The van der Waals surface area contributed by atoms with Crippen LogP contribution in [0.25, 0.3) is 0 Å². The molecule has 1 aliphatic rings. The number of likely N-dealkylation sites (tertiary alicyclic amines) is 1. The van der Waals surface area contributed by atoms with Gasteiger partial charge < -0.3 is 10.0 Å². The van der Waals surface area contributed by atoms with Crippen LogP contribution in [-0.4, -0.2) is 34.6 Å². The minimum atomic E-state index is -0.789. The molecular formula is C13H14N2O2. The van der Waals surface area contributed by atoms with Crippen LogP contribution in [0.15, 0.2) is 24.3 Å². The molecule has 0 bridgehead atoms. The second-order valence-corrected chi connectivity index (χ2v) is 4.67. The third-order valence-electron chi connectivity index (χ3n) is 2.98. The minimum Gasteiger partial charge on any atom is -0.388 e. The van der Waals surface area contributed by atoms with Crippen molar-refractivity contribution in [3.8, 4) is 6.07 Å².